The van der Waals surface area contributed by atoms with E-state index in [0.717, 1.165) is 0 Å². The highest BCUT2D eigenvalue weighted by atomic mass is 35.5. The second-order valence-corrected chi connectivity index (χ2v) is 4.20. The molecule has 0 bridgehead atoms. The lowest BCUT2D eigenvalue weighted by Gasteiger charge is -2.24. The maximum absolute atomic E-state index is 11.7. The first-order chi connectivity index (χ1) is 5.77. The van der Waals surface area contributed by atoms with E-state index in [1.54, 1.807) is 0 Å². The predicted molar refractivity (Wildman–Crippen MR) is 48.0 cm³/mol. The van der Waals surface area contributed by atoms with Crippen molar-refractivity contribution < 1.29 is 13.2 Å². The monoisotopic (exact) mass is 217 g/mol. The summed E-state index contributed by atoms with van der Waals surface area (Å²) in [5.41, 5.74) is -0.174. The van der Waals surface area contributed by atoms with E-state index in [9.17, 15) is 13.2 Å². The smallest absolute Gasteiger partial charge is 0.308 e. The molecule has 0 saturated carbocycles. The Morgan fingerprint density at radius 2 is 1.69 bits per heavy atom. The predicted octanol–water partition coefficient (Wildman–Crippen LogP) is 2.79. The lowest BCUT2D eigenvalue weighted by atomic mass is 9.90. The van der Waals surface area contributed by atoms with Crippen molar-refractivity contribution in [3.63, 3.8) is 0 Å². The second-order valence-electron chi connectivity index (χ2n) is 3.82. The molecule has 0 aliphatic heterocycles. The third-order valence-corrected chi connectivity index (χ3v) is 1.89. The Kier molecular flexibility index (Phi) is 5.07. The van der Waals surface area contributed by atoms with Crippen molar-refractivity contribution in [3.05, 3.63) is 0 Å². The molecule has 13 heavy (non-hydrogen) atoms. The molecule has 0 atom stereocenters. The topological polar surface area (TPSA) is 12.0 Å². The first kappa shape index (κ1) is 13.0. The van der Waals surface area contributed by atoms with E-state index in [1.807, 2.05) is 13.8 Å². The first-order valence-electron chi connectivity index (χ1n) is 4.10. The van der Waals surface area contributed by atoms with Crippen LogP contribution in [0.5, 0.6) is 0 Å². The van der Waals surface area contributed by atoms with E-state index in [2.05, 4.69) is 5.32 Å². The van der Waals surface area contributed by atoms with Gasteiger partial charge in [-0.2, -0.15) is 13.2 Å². The van der Waals surface area contributed by atoms with Crippen molar-refractivity contribution in [2.45, 2.75) is 26.4 Å². The summed E-state index contributed by atoms with van der Waals surface area (Å²) in [6, 6.07) is 0. The Balaban J connectivity index is 3.63. The summed E-state index contributed by atoms with van der Waals surface area (Å²) in [5, 5.41) is 2.37. The Hall–Kier alpha value is 0.0400. The number of halogens is 4. The first-order valence-corrected chi connectivity index (χ1v) is 4.64. The number of rotatable bonds is 5. The highest BCUT2D eigenvalue weighted by Crippen LogP contribution is 2.20. The molecule has 0 unspecified atom stereocenters. The maximum atomic E-state index is 11.7. The molecule has 0 aromatic carbocycles. The van der Waals surface area contributed by atoms with Gasteiger partial charge in [0.05, 0.1) is 6.54 Å². The quantitative estimate of drug-likeness (QED) is 0.699. The fourth-order valence-electron chi connectivity index (χ4n) is 0.887. The number of hydrogen-bond donors (Lipinski definition) is 1. The Labute approximate surface area is 81.6 Å². The highest BCUT2D eigenvalue weighted by molar-refractivity contribution is 6.17. The van der Waals surface area contributed by atoms with Crippen molar-refractivity contribution in [1.82, 2.24) is 5.32 Å². The standard InChI is InChI=1S/C8H15ClF3N/c1-7(2,3-4-9)5-13-6-8(10,11)12/h13H,3-6H2,1-2H3. The fourth-order valence-corrected chi connectivity index (χ4v) is 1.40. The van der Waals surface area contributed by atoms with Gasteiger partial charge in [-0.3, -0.25) is 0 Å². The van der Waals surface area contributed by atoms with Crippen LogP contribution in [0.3, 0.4) is 0 Å². The van der Waals surface area contributed by atoms with Crippen LogP contribution < -0.4 is 5.32 Å². The van der Waals surface area contributed by atoms with Crippen LogP contribution in [0.25, 0.3) is 0 Å². The molecule has 0 rings (SSSR count). The molecule has 5 heteroatoms. The molecule has 0 fully saturated rings. The van der Waals surface area contributed by atoms with Crippen LogP contribution in [-0.2, 0) is 0 Å². The zero-order chi connectivity index (χ0) is 10.5. The van der Waals surface area contributed by atoms with Crippen LogP contribution in [-0.4, -0.2) is 25.1 Å². The molecule has 0 spiro atoms. The average Bonchev–Trinajstić information content (AvgIpc) is 1.82. The fraction of sp³-hybridized carbons (Fsp3) is 1.00. The van der Waals surface area contributed by atoms with Crippen LogP contribution in [0.1, 0.15) is 20.3 Å². The van der Waals surface area contributed by atoms with Crippen molar-refractivity contribution in [3.8, 4) is 0 Å². The van der Waals surface area contributed by atoms with Gasteiger partial charge in [0.25, 0.3) is 0 Å². The maximum Gasteiger partial charge on any atom is 0.401 e. The van der Waals surface area contributed by atoms with Crippen LogP contribution in [0.15, 0.2) is 0 Å². The minimum absolute atomic E-state index is 0.174. The molecule has 0 amide bonds. The number of hydrogen-bond acceptors (Lipinski definition) is 1. The van der Waals surface area contributed by atoms with Gasteiger partial charge in [0, 0.05) is 12.4 Å². The van der Waals surface area contributed by atoms with E-state index in [0.29, 0.717) is 18.8 Å². The third-order valence-electron chi connectivity index (χ3n) is 1.70. The minimum atomic E-state index is -4.13. The Morgan fingerprint density at radius 3 is 2.08 bits per heavy atom. The van der Waals surface area contributed by atoms with E-state index in [1.165, 1.54) is 0 Å². The summed E-state index contributed by atoms with van der Waals surface area (Å²) in [6.45, 7) is 3.18. The lowest BCUT2D eigenvalue weighted by Crippen LogP contribution is -2.36. The van der Waals surface area contributed by atoms with Crippen molar-refractivity contribution in [2.75, 3.05) is 19.0 Å². The van der Waals surface area contributed by atoms with E-state index >= 15 is 0 Å². The zero-order valence-corrected chi connectivity index (χ0v) is 8.60. The van der Waals surface area contributed by atoms with Crippen LogP contribution in [0, 0.1) is 5.41 Å². The second kappa shape index (κ2) is 5.05. The van der Waals surface area contributed by atoms with Gasteiger partial charge in [0.1, 0.15) is 0 Å². The molecule has 0 aliphatic rings. The molecule has 80 valence electrons. The molecular weight excluding hydrogens is 203 g/mol. The summed E-state index contributed by atoms with van der Waals surface area (Å²) in [4.78, 5) is 0. The van der Waals surface area contributed by atoms with E-state index < -0.39 is 12.7 Å². The SMILES string of the molecule is CC(C)(CCCl)CNCC(F)(F)F. The van der Waals surface area contributed by atoms with Crippen LogP contribution in [0.2, 0.25) is 0 Å². The molecule has 0 radical (unpaired) electrons. The summed E-state index contributed by atoms with van der Waals surface area (Å²) in [5.74, 6) is 0.473. The number of nitrogens with one attached hydrogen (secondary N) is 1. The molecule has 0 aromatic rings. The van der Waals surface area contributed by atoms with Gasteiger partial charge in [-0.05, 0) is 11.8 Å². The van der Waals surface area contributed by atoms with Gasteiger partial charge in [-0.1, -0.05) is 13.8 Å². The molecule has 1 nitrogen and oxygen atoms in total. The lowest BCUT2D eigenvalue weighted by molar-refractivity contribution is -0.125. The van der Waals surface area contributed by atoms with Gasteiger partial charge >= 0.3 is 6.18 Å². The zero-order valence-electron chi connectivity index (χ0n) is 7.84. The van der Waals surface area contributed by atoms with E-state index in [-0.39, 0.29) is 5.41 Å². The van der Waals surface area contributed by atoms with Gasteiger partial charge in [-0.25, -0.2) is 0 Å². The Morgan fingerprint density at radius 1 is 1.15 bits per heavy atom. The van der Waals surface area contributed by atoms with Crippen molar-refractivity contribution >= 4 is 11.6 Å². The van der Waals surface area contributed by atoms with Gasteiger partial charge in [-0.15, -0.1) is 11.6 Å². The molecule has 0 aromatic heterocycles. The normalized spacial score (nSPS) is 13.4. The largest absolute Gasteiger partial charge is 0.401 e. The van der Waals surface area contributed by atoms with Crippen LogP contribution in [0.4, 0.5) is 13.2 Å². The van der Waals surface area contributed by atoms with Crippen molar-refractivity contribution in [2.24, 2.45) is 5.41 Å². The molecule has 0 saturated heterocycles. The minimum Gasteiger partial charge on any atom is -0.308 e. The molecular formula is C8H15ClF3N. The number of alkyl halides is 4. The Bertz CT molecular complexity index is 145. The summed E-state index contributed by atoms with van der Waals surface area (Å²) in [7, 11) is 0. The molecule has 1 N–H and O–H groups in total. The third kappa shape index (κ3) is 8.37. The molecule has 0 heterocycles. The highest BCUT2D eigenvalue weighted by Gasteiger charge is 2.27. The summed E-state index contributed by atoms with van der Waals surface area (Å²) in [6.07, 6.45) is -3.42. The van der Waals surface area contributed by atoms with E-state index in [4.69, 9.17) is 11.6 Å². The van der Waals surface area contributed by atoms with Gasteiger partial charge in [0.2, 0.25) is 0 Å². The van der Waals surface area contributed by atoms with Crippen molar-refractivity contribution in [1.29, 1.82) is 0 Å². The summed E-state index contributed by atoms with van der Waals surface area (Å²) >= 11 is 5.50. The van der Waals surface area contributed by atoms with Gasteiger partial charge in [0.15, 0.2) is 0 Å². The van der Waals surface area contributed by atoms with Crippen LogP contribution >= 0.6 is 11.6 Å². The average molecular weight is 218 g/mol. The van der Waals surface area contributed by atoms with Gasteiger partial charge < -0.3 is 5.32 Å². The molecule has 0 aliphatic carbocycles. The summed E-state index contributed by atoms with van der Waals surface area (Å²) < 4.78 is 35.2.